The van der Waals surface area contributed by atoms with Gasteiger partial charge >= 0.3 is 5.97 Å². The van der Waals surface area contributed by atoms with Crippen LogP contribution in [0.15, 0.2) is 59.6 Å². The van der Waals surface area contributed by atoms with Gasteiger partial charge in [0.05, 0.1) is 0 Å². The number of carbonyl (C=O) groups excluding carboxylic acids is 1. The molecule has 0 saturated heterocycles. The van der Waals surface area contributed by atoms with Crippen molar-refractivity contribution in [2.75, 3.05) is 0 Å². The Kier molecular flexibility index (Phi) is 3.56. The lowest BCUT2D eigenvalue weighted by Crippen LogP contribution is -2.52. The van der Waals surface area contributed by atoms with Crippen LogP contribution in [0.2, 0.25) is 0 Å². The summed E-state index contributed by atoms with van der Waals surface area (Å²) in [6.07, 6.45) is 7.63. The van der Waals surface area contributed by atoms with Gasteiger partial charge in [0, 0.05) is 11.0 Å². The topological polar surface area (TPSA) is 38.7 Å². The average molecular weight is 371 g/mol. The van der Waals surface area contributed by atoms with Gasteiger partial charge < -0.3 is 4.74 Å². The Morgan fingerprint density at radius 1 is 0.750 bits per heavy atom. The summed E-state index contributed by atoms with van der Waals surface area (Å²) in [6, 6.07) is 18.2. The van der Waals surface area contributed by atoms with E-state index in [9.17, 15) is 4.79 Å². The molecule has 1 aliphatic heterocycles. The molecule has 0 amide bonds. The van der Waals surface area contributed by atoms with Gasteiger partial charge in [-0.3, -0.25) is 0 Å². The molecule has 2 aromatic carbocycles. The van der Waals surface area contributed by atoms with Crippen LogP contribution in [0.3, 0.4) is 0 Å². The van der Waals surface area contributed by atoms with E-state index in [0.29, 0.717) is 5.90 Å². The highest BCUT2D eigenvalue weighted by molar-refractivity contribution is 6.06. The highest BCUT2D eigenvalue weighted by Crippen LogP contribution is 2.62. The number of hydrogen-bond donors (Lipinski definition) is 0. The summed E-state index contributed by atoms with van der Waals surface area (Å²) >= 11 is 0. The molecule has 4 fully saturated rings. The molecule has 4 saturated carbocycles. The summed E-state index contributed by atoms with van der Waals surface area (Å²) in [4.78, 5) is 17.7. The van der Waals surface area contributed by atoms with Crippen molar-refractivity contribution in [1.29, 1.82) is 0 Å². The van der Waals surface area contributed by atoms with Gasteiger partial charge in [-0.2, -0.15) is 0 Å². The third kappa shape index (κ3) is 2.56. The first-order valence-corrected chi connectivity index (χ1v) is 10.6. The van der Waals surface area contributed by atoms with Crippen molar-refractivity contribution in [3.8, 4) is 11.1 Å². The van der Waals surface area contributed by atoms with Gasteiger partial charge in [0.1, 0.15) is 0 Å². The van der Waals surface area contributed by atoms with E-state index in [1.54, 1.807) is 0 Å². The Morgan fingerprint density at radius 2 is 1.29 bits per heavy atom. The fraction of sp³-hybridized carbons (Fsp3) is 0.440. The number of cyclic esters (lactones) is 1. The predicted octanol–water partition coefficient (Wildman–Crippen LogP) is 5.24. The average Bonchev–Trinajstić information content (AvgIpc) is 3.10. The number of hydrogen-bond acceptors (Lipinski definition) is 3. The first-order valence-electron chi connectivity index (χ1n) is 10.6. The fourth-order valence-corrected chi connectivity index (χ4v) is 6.82. The van der Waals surface area contributed by atoms with Gasteiger partial charge in [0.15, 0.2) is 6.04 Å². The van der Waals surface area contributed by atoms with Gasteiger partial charge in [-0.15, -0.1) is 0 Å². The lowest BCUT2D eigenvalue weighted by molar-refractivity contribution is -0.144. The van der Waals surface area contributed by atoms with E-state index in [0.717, 1.165) is 28.9 Å². The van der Waals surface area contributed by atoms with E-state index < -0.39 is 0 Å². The SMILES string of the molecule is O=C1OC(c2ccc(-c3ccccc3)cc2)=N[C@@H]1C12CC3CC(CC(C3)C1)C2. The maximum atomic E-state index is 12.8. The van der Waals surface area contributed by atoms with Crippen LogP contribution in [0.25, 0.3) is 11.1 Å². The number of nitrogens with zero attached hydrogens (tertiary/aromatic N) is 1. The molecule has 0 unspecified atom stereocenters. The molecule has 0 N–H and O–H groups in total. The summed E-state index contributed by atoms with van der Waals surface area (Å²) in [5.41, 5.74) is 3.32. The standard InChI is InChI=1S/C25H25NO2/c27-24-22(25-13-16-10-17(14-25)12-18(11-16)15-25)26-23(28-24)21-8-6-20(7-9-21)19-4-2-1-3-5-19/h1-9,16-18,22H,10-15H2/t16?,17?,18?,22-,25?/m0/s1. The molecule has 1 heterocycles. The maximum absolute atomic E-state index is 12.8. The minimum absolute atomic E-state index is 0.0670. The first-order chi connectivity index (χ1) is 13.7. The monoisotopic (exact) mass is 371 g/mol. The third-order valence-electron chi connectivity index (χ3n) is 7.57. The zero-order valence-electron chi connectivity index (χ0n) is 16.0. The minimum atomic E-state index is -0.287. The van der Waals surface area contributed by atoms with Crippen LogP contribution in [-0.4, -0.2) is 17.9 Å². The summed E-state index contributed by atoms with van der Waals surface area (Å²) < 4.78 is 5.71. The van der Waals surface area contributed by atoms with Gasteiger partial charge in [0.25, 0.3) is 0 Å². The van der Waals surface area contributed by atoms with Crippen LogP contribution in [0.5, 0.6) is 0 Å². The van der Waals surface area contributed by atoms with Crippen LogP contribution in [0.1, 0.15) is 44.1 Å². The van der Waals surface area contributed by atoms with E-state index in [-0.39, 0.29) is 17.4 Å². The highest BCUT2D eigenvalue weighted by Gasteiger charge is 2.58. The normalized spacial score (nSPS) is 35.7. The molecule has 4 aliphatic carbocycles. The van der Waals surface area contributed by atoms with Crippen molar-refractivity contribution < 1.29 is 9.53 Å². The minimum Gasteiger partial charge on any atom is -0.406 e. The first kappa shape index (κ1) is 16.5. The smallest absolute Gasteiger partial charge is 0.338 e. The molecule has 7 rings (SSSR count). The maximum Gasteiger partial charge on any atom is 0.338 e. The second-order valence-electron chi connectivity index (χ2n) is 9.48. The van der Waals surface area contributed by atoms with Gasteiger partial charge in [0.2, 0.25) is 5.90 Å². The zero-order chi connectivity index (χ0) is 18.7. The summed E-state index contributed by atoms with van der Waals surface area (Å²) in [6.45, 7) is 0. The fourth-order valence-electron chi connectivity index (χ4n) is 6.82. The zero-order valence-corrected chi connectivity index (χ0v) is 16.0. The molecule has 0 spiro atoms. The number of rotatable bonds is 3. The van der Waals surface area contributed by atoms with Crippen LogP contribution in [0, 0.1) is 23.2 Å². The van der Waals surface area contributed by atoms with Crippen molar-refractivity contribution in [2.45, 2.75) is 44.6 Å². The second kappa shape index (κ2) is 6.04. The molecule has 142 valence electrons. The van der Waals surface area contributed by atoms with Crippen molar-refractivity contribution in [2.24, 2.45) is 28.2 Å². The highest BCUT2D eigenvalue weighted by atomic mass is 16.6. The van der Waals surface area contributed by atoms with Crippen LogP contribution < -0.4 is 0 Å². The van der Waals surface area contributed by atoms with Crippen molar-refractivity contribution >= 4 is 11.9 Å². The molecular weight excluding hydrogens is 346 g/mol. The van der Waals surface area contributed by atoms with E-state index in [2.05, 4.69) is 24.3 Å². The number of benzene rings is 2. The quantitative estimate of drug-likeness (QED) is 0.692. The summed E-state index contributed by atoms with van der Waals surface area (Å²) in [5.74, 6) is 2.82. The van der Waals surface area contributed by atoms with Crippen LogP contribution in [0.4, 0.5) is 0 Å². The van der Waals surface area contributed by atoms with Crippen molar-refractivity contribution in [1.82, 2.24) is 0 Å². The van der Waals surface area contributed by atoms with Gasteiger partial charge in [-0.1, -0.05) is 42.5 Å². The number of esters is 1. The van der Waals surface area contributed by atoms with Gasteiger partial charge in [-0.05, 0) is 79.5 Å². The number of carbonyl (C=O) groups is 1. The molecule has 4 bridgehead atoms. The molecule has 1 atom stereocenters. The van der Waals surface area contributed by atoms with Crippen LogP contribution >= 0.6 is 0 Å². The molecule has 28 heavy (non-hydrogen) atoms. The largest absolute Gasteiger partial charge is 0.406 e. The Balaban J connectivity index is 1.29. The third-order valence-corrected chi connectivity index (χ3v) is 7.57. The lowest BCUT2D eigenvalue weighted by atomic mass is 9.48. The van der Waals surface area contributed by atoms with Crippen LogP contribution in [-0.2, 0) is 9.53 Å². The molecule has 0 radical (unpaired) electrons. The van der Waals surface area contributed by atoms with E-state index in [1.807, 2.05) is 30.3 Å². The van der Waals surface area contributed by atoms with E-state index in [4.69, 9.17) is 9.73 Å². The number of aliphatic imine (C=N–C) groups is 1. The van der Waals surface area contributed by atoms with Gasteiger partial charge in [-0.25, -0.2) is 9.79 Å². The summed E-state index contributed by atoms with van der Waals surface area (Å²) in [7, 11) is 0. The molecule has 3 nitrogen and oxygen atoms in total. The lowest BCUT2D eigenvalue weighted by Gasteiger charge is -2.57. The Labute approximate surface area is 165 Å². The number of ether oxygens (including phenoxy) is 1. The molecule has 5 aliphatic rings. The summed E-state index contributed by atoms with van der Waals surface area (Å²) in [5, 5.41) is 0. The molecule has 2 aromatic rings. The Bertz CT molecular complexity index is 909. The van der Waals surface area contributed by atoms with E-state index in [1.165, 1.54) is 44.1 Å². The van der Waals surface area contributed by atoms with E-state index >= 15 is 0 Å². The Hall–Kier alpha value is -2.42. The molecule has 0 aromatic heterocycles. The predicted molar refractivity (Wildman–Crippen MR) is 109 cm³/mol. The molecule has 3 heteroatoms. The Morgan fingerprint density at radius 3 is 1.89 bits per heavy atom. The van der Waals surface area contributed by atoms with Crippen molar-refractivity contribution in [3.63, 3.8) is 0 Å². The van der Waals surface area contributed by atoms with Crippen molar-refractivity contribution in [3.05, 3.63) is 60.2 Å². The second-order valence-corrected chi connectivity index (χ2v) is 9.48. The molecular formula is C25H25NO2.